The lowest BCUT2D eigenvalue weighted by molar-refractivity contribution is -0.139. The fraction of sp³-hybridized carbons (Fsp3) is 0.391. The van der Waals surface area contributed by atoms with E-state index in [0.717, 1.165) is 10.6 Å². The fourth-order valence-electron chi connectivity index (χ4n) is 3.22. The second-order valence-corrected chi connectivity index (χ2v) is 10.0. The van der Waals surface area contributed by atoms with Crippen molar-refractivity contribution in [2.24, 2.45) is 0 Å². The normalized spacial score (nSPS) is 12.1. The molecule has 0 heterocycles. The molecule has 11 heteroatoms. The number of ether oxygens (including phenoxy) is 1. The van der Waals surface area contributed by atoms with E-state index in [1.807, 2.05) is 6.92 Å². The predicted molar refractivity (Wildman–Crippen MR) is 130 cm³/mol. The van der Waals surface area contributed by atoms with Crippen LogP contribution in [0.25, 0.3) is 0 Å². The van der Waals surface area contributed by atoms with E-state index in [2.05, 4.69) is 5.32 Å². The molecule has 1 N–H and O–H groups in total. The summed E-state index contributed by atoms with van der Waals surface area (Å²) in [5, 5.41) is 3.00. The quantitative estimate of drug-likeness (QED) is 0.498. The molecule has 2 amide bonds. The van der Waals surface area contributed by atoms with E-state index in [-0.39, 0.29) is 28.9 Å². The van der Waals surface area contributed by atoms with Crippen LogP contribution in [0.5, 0.6) is 5.75 Å². The summed E-state index contributed by atoms with van der Waals surface area (Å²) >= 11 is 6.07. The molecule has 8 nitrogen and oxygen atoms in total. The first-order chi connectivity index (χ1) is 16.0. The van der Waals surface area contributed by atoms with E-state index < -0.39 is 34.3 Å². The number of sulfonamides is 1. The third-order valence-corrected chi connectivity index (χ3v) is 6.43. The van der Waals surface area contributed by atoms with Crippen molar-refractivity contribution in [1.29, 1.82) is 0 Å². The number of carbonyl (C=O) groups is 2. The van der Waals surface area contributed by atoms with E-state index >= 15 is 0 Å². The third kappa shape index (κ3) is 7.33. The van der Waals surface area contributed by atoms with Crippen molar-refractivity contribution in [1.82, 2.24) is 10.2 Å². The molecule has 1 unspecified atom stereocenters. The Morgan fingerprint density at radius 1 is 1.18 bits per heavy atom. The molecule has 186 valence electrons. The Hall–Kier alpha value is -2.85. The number of hydrogen-bond donors (Lipinski definition) is 1. The van der Waals surface area contributed by atoms with Gasteiger partial charge in [-0.3, -0.25) is 13.9 Å². The van der Waals surface area contributed by atoms with Crippen molar-refractivity contribution in [2.45, 2.75) is 32.9 Å². The van der Waals surface area contributed by atoms with Crippen LogP contribution in [0.3, 0.4) is 0 Å². The summed E-state index contributed by atoms with van der Waals surface area (Å²) in [6.07, 6.45) is 1.67. The van der Waals surface area contributed by atoms with Crippen molar-refractivity contribution >= 4 is 39.1 Å². The molecule has 34 heavy (non-hydrogen) atoms. The lowest BCUT2D eigenvalue weighted by atomic mass is 10.1. The Morgan fingerprint density at radius 3 is 2.38 bits per heavy atom. The highest BCUT2D eigenvalue weighted by atomic mass is 35.5. The van der Waals surface area contributed by atoms with Crippen molar-refractivity contribution in [3.8, 4) is 5.75 Å². The molecule has 2 aromatic carbocycles. The van der Waals surface area contributed by atoms with Gasteiger partial charge in [0, 0.05) is 18.1 Å². The molecule has 1 atom stereocenters. The number of nitrogens with zero attached hydrogens (tertiary/aromatic N) is 2. The van der Waals surface area contributed by atoms with Gasteiger partial charge in [0.05, 0.1) is 19.1 Å². The topological polar surface area (TPSA) is 96.0 Å². The zero-order valence-electron chi connectivity index (χ0n) is 19.5. The minimum absolute atomic E-state index is 0.0237. The highest BCUT2D eigenvalue weighted by molar-refractivity contribution is 7.92. The van der Waals surface area contributed by atoms with Gasteiger partial charge in [-0.15, -0.1) is 0 Å². The van der Waals surface area contributed by atoms with Crippen molar-refractivity contribution in [2.75, 3.05) is 30.8 Å². The SMILES string of the molecule is CCCNC(=O)C(C)N(Cc1ccc(F)cc1)C(=O)CN(c1cc(Cl)ccc1OC)S(C)(=O)=O. The van der Waals surface area contributed by atoms with Gasteiger partial charge < -0.3 is 15.0 Å². The lowest BCUT2D eigenvalue weighted by Crippen LogP contribution is -2.51. The van der Waals surface area contributed by atoms with Crippen LogP contribution in [-0.4, -0.2) is 57.6 Å². The monoisotopic (exact) mass is 513 g/mol. The number of halogens is 2. The molecule has 0 saturated carbocycles. The molecule has 2 aromatic rings. The van der Waals surface area contributed by atoms with Crippen LogP contribution in [-0.2, 0) is 26.2 Å². The average molecular weight is 514 g/mol. The number of carbonyl (C=O) groups excluding carboxylic acids is 2. The van der Waals surface area contributed by atoms with Gasteiger partial charge in [-0.05, 0) is 49.2 Å². The highest BCUT2D eigenvalue weighted by Crippen LogP contribution is 2.33. The van der Waals surface area contributed by atoms with E-state index in [9.17, 15) is 22.4 Å². The maximum atomic E-state index is 13.4. The van der Waals surface area contributed by atoms with Gasteiger partial charge in [-0.1, -0.05) is 30.7 Å². The van der Waals surface area contributed by atoms with Gasteiger partial charge in [0.2, 0.25) is 21.8 Å². The molecule has 0 saturated heterocycles. The van der Waals surface area contributed by atoms with Crippen molar-refractivity contribution < 1.29 is 27.1 Å². The van der Waals surface area contributed by atoms with Crippen molar-refractivity contribution in [3.05, 3.63) is 58.9 Å². The van der Waals surface area contributed by atoms with E-state index in [0.29, 0.717) is 18.5 Å². The second kappa shape index (κ2) is 12.0. The third-order valence-electron chi connectivity index (χ3n) is 5.07. The second-order valence-electron chi connectivity index (χ2n) is 7.70. The van der Waals surface area contributed by atoms with Crippen LogP contribution in [0.4, 0.5) is 10.1 Å². The largest absolute Gasteiger partial charge is 0.495 e. The van der Waals surface area contributed by atoms with Crippen LogP contribution in [0.2, 0.25) is 5.02 Å². The highest BCUT2D eigenvalue weighted by Gasteiger charge is 2.31. The van der Waals surface area contributed by atoms with Gasteiger partial charge in [-0.25, -0.2) is 12.8 Å². The summed E-state index contributed by atoms with van der Waals surface area (Å²) in [5.41, 5.74) is 0.673. The van der Waals surface area contributed by atoms with Gasteiger partial charge in [0.25, 0.3) is 0 Å². The fourth-order valence-corrected chi connectivity index (χ4v) is 4.23. The molecule has 0 bridgehead atoms. The van der Waals surface area contributed by atoms with Crippen LogP contribution >= 0.6 is 11.6 Å². The Labute approximate surface area is 204 Å². The summed E-state index contributed by atoms with van der Waals surface area (Å²) in [5.74, 6) is -1.24. The molecule has 0 aliphatic heterocycles. The Balaban J connectivity index is 2.43. The predicted octanol–water partition coefficient (Wildman–Crippen LogP) is 3.20. The minimum atomic E-state index is -3.94. The first-order valence-corrected chi connectivity index (χ1v) is 12.8. The molecule has 0 spiro atoms. The maximum absolute atomic E-state index is 13.4. The van der Waals surface area contributed by atoms with Crippen LogP contribution in [0, 0.1) is 5.82 Å². The molecule has 0 fully saturated rings. The standard InChI is InChI=1S/C23H29ClFN3O5S/c1-5-12-26-23(30)16(2)27(14-17-6-9-19(25)10-7-17)22(29)15-28(34(4,31)32)20-13-18(24)8-11-21(20)33-3/h6-11,13,16H,5,12,14-15H2,1-4H3,(H,26,30). The van der Waals surface area contributed by atoms with Gasteiger partial charge in [-0.2, -0.15) is 0 Å². The van der Waals surface area contributed by atoms with E-state index in [4.69, 9.17) is 16.3 Å². The molecule has 0 aliphatic carbocycles. The molecular weight excluding hydrogens is 485 g/mol. The van der Waals surface area contributed by atoms with Crippen LogP contribution in [0.15, 0.2) is 42.5 Å². The summed E-state index contributed by atoms with van der Waals surface area (Å²) in [6.45, 7) is 3.26. The summed E-state index contributed by atoms with van der Waals surface area (Å²) < 4.78 is 44.8. The van der Waals surface area contributed by atoms with Gasteiger partial charge in [0.15, 0.2) is 0 Å². The lowest BCUT2D eigenvalue weighted by Gasteiger charge is -2.31. The number of amides is 2. The first-order valence-electron chi connectivity index (χ1n) is 10.6. The number of hydrogen-bond acceptors (Lipinski definition) is 5. The molecule has 0 radical (unpaired) electrons. The molecule has 0 aliphatic rings. The first kappa shape index (κ1) is 27.4. The maximum Gasteiger partial charge on any atom is 0.244 e. The molecule has 2 rings (SSSR count). The Morgan fingerprint density at radius 2 is 1.82 bits per heavy atom. The summed E-state index contributed by atoms with van der Waals surface area (Å²) in [6, 6.07) is 9.01. The number of rotatable bonds is 11. The van der Waals surface area contributed by atoms with Crippen LogP contribution in [0.1, 0.15) is 25.8 Å². The van der Waals surface area contributed by atoms with Gasteiger partial charge in [0.1, 0.15) is 24.2 Å². The van der Waals surface area contributed by atoms with Crippen LogP contribution < -0.4 is 14.4 Å². The van der Waals surface area contributed by atoms with E-state index in [1.165, 1.54) is 54.5 Å². The summed E-state index contributed by atoms with van der Waals surface area (Å²) in [4.78, 5) is 27.4. The summed E-state index contributed by atoms with van der Waals surface area (Å²) in [7, 11) is -2.57. The minimum Gasteiger partial charge on any atom is -0.495 e. The Bertz CT molecular complexity index is 1110. The average Bonchev–Trinajstić information content (AvgIpc) is 2.79. The smallest absolute Gasteiger partial charge is 0.244 e. The number of methoxy groups -OCH3 is 1. The number of anilines is 1. The zero-order valence-corrected chi connectivity index (χ0v) is 21.1. The van der Waals surface area contributed by atoms with Gasteiger partial charge >= 0.3 is 0 Å². The van der Waals surface area contributed by atoms with Crippen molar-refractivity contribution in [3.63, 3.8) is 0 Å². The molecule has 0 aromatic heterocycles. The Kier molecular flexibility index (Phi) is 9.69. The zero-order chi connectivity index (χ0) is 25.5. The van der Waals surface area contributed by atoms with E-state index in [1.54, 1.807) is 6.92 Å². The number of benzene rings is 2. The number of nitrogens with one attached hydrogen (secondary N) is 1. The molecular formula is C23H29ClFN3O5S.